The molecule has 0 radical (unpaired) electrons. The second-order valence-corrected chi connectivity index (χ2v) is 8.22. The number of benzene rings is 1. The number of hydrogen-bond donors (Lipinski definition) is 2. The summed E-state index contributed by atoms with van der Waals surface area (Å²) < 4.78 is 10.9. The normalized spacial score (nSPS) is 15.0. The van der Waals surface area contributed by atoms with Crippen molar-refractivity contribution in [1.82, 2.24) is 4.98 Å². The zero-order valence-corrected chi connectivity index (χ0v) is 19.5. The topological polar surface area (TPSA) is 108 Å². The number of aryl methyl sites for hydroxylation is 1. The molecule has 176 valence electrons. The number of carbonyl (C=O) groups is 1. The first-order chi connectivity index (χ1) is 16.0. The maximum atomic E-state index is 11.4. The van der Waals surface area contributed by atoms with Gasteiger partial charge in [0.1, 0.15) is 11.9 Å². The van der Waals surface area contributed by atoms with Gasteiger partial charge in [0.2, 0.25) is 0 Å². The van der Waals surface area contributed by atoms with Crippen molar-refractivity contribution >= 4 is 23.2 Å². The summed E-state index contributed by atoms with van der Waals surface area (Å²) in [5, 5.41) is 22.0. The number of carboxylic acids is 1. The first-order valence-electron chi connectivity index (χ1n) is 11.3. The Morgan fingerprint density at radius 2 is 2.12 bits per heavy atom. The van der Waals surface area contributed by atoms with Gasteiger partial charge < -0.3 is 24.8 Å². The predicted molar refractivity (Wildman–Crippen MR) is 127 cm³/mol. The molecule has 1 saturated heterocycles. The van der Waals surface area contributed by atoms with Crippen LogP contribution in [0.25, 0.3) is 0 Å². The summed E-state index contributed by atoms with van der Waals surface area (Å²) in [4.78, 5) is 18.3. The lowest BCUT2D eigenvalue weighted by Gasteiger charge is -2.36. The molecule has 8 nitrogen and oxygen atoms in total. The zero-order valence-electron chi connectivity index (χ0n) is 19.5. The summed E-state index contributed by atoms with van der Waals surface area (Å²) in [6.07, 6.45) is 1.89. The molecule has 33 heavy (non-hydrogen) atoms. The molecule has 0 spiro atoms. The average Bonchev–Trinajstić information content (AvgIpc) is 2.81. The molecule has 1 atom stereocenters. The van der Waals surface area contributed by atoms with E-state index in [-0.39, 0.29) is 12.3 Å². The molecule has 1 aromatic heterocycles. The summed E-state index contributed by atoms with van der Waals surface area (Å²) in [5.74, 6) is -0.497. The number of aromatic nitrogens is 1. The first-order valence-corrected chi connectivity index (χ1v) is 11.3. The third kappa shape index (κ3) is 6.21. The molecule has 0 unspecified atom stereocenters. The largest absolute Gasteiger partial charge is 0.481 e. The molecule has 1 fully saturated rings. The Hall–Kier alpha value is -3.15. The van der Waals surface area contributed by atoms with Gasteiger partial charge in [-0.2, -0.15) is 5.26 Å². The van der Waals surface area contributed by atoms with Crippen LogP contribution in [0.15, 0.2) is 30.3 Å². The Labute approximate surface area is 195 Å². The van der Waals surface area contributed by atoms with Gasteiger partial charge in [-0.15, -0.1) is 0 Å². The fourth-order valence-corrected chi connectivity index (χ4v) is 4.35. The van der Waals surface area contributed by atoms with E-state index < -0.39 is 5.97 Å². The molecule has 1 aliphatic heterocycles. The van der Waals surface area contributed by atoms with E-state index in [0.29, 0.717) is 29.7 Å². The van der Waals surface area contributed by atoms with Crippen molar-refractivity contribution in [2.24, 2.45) is 0 Å². The Balaban J connectivity index is 2.02. The lowest BCUT2D eigenvalue weighted by Crippen LogP contribution is -2.39. The molecule has 0 aliphatic carbocycles. The summed E-state index contributed by atoms with van der Waals surface area (Å²) in [6.45, 7) is 6.57. The van der Waals surface area contributed by atoms with Crippen LogP contribution in [0.5, 0.6) is 0 Å². The Bertz CT molecular complexity index is 998. The van der Waals surface area contributed by atoms with E-state index in [0.717, 1.165) is 49.5 Å². The van der Waals surface area contributed by atoms with Gasteiger partial charge in [-0.3, -0.25) is 4.79 Å². The van der Waals surface area contributed by atoms with Crippen molar-refractivity contribution in [3.05, 3.63) is 47.2 Å². The quantitative estimate of drug-likeness (QED) is 0.552. The van der Waals surface area contributed by atoms with Gasteiger partial charge in [0, 0.05) is 38.8 Å². The fourth-order valence-electron chi connectivity index (χ4n) is 4.35. The lowest BCUT2D eigenvalue weighted by atomic mass is 9.95. The van der Waals surface area contributed by atoms with Gasteiger partial charge in [-0.25, -0.2) is 4.98 Å². The van der Waals surface area contributed by atoms with Gasteiger partial charge in [-0.1, -0.05) is 6.07 Å². The van der Waals surface area contributed by atoms with Crippen LogP contribution < -0.4 is 10.2 Å². The van der Waals surface area contributed by atoms with E-state index in [9.17, 15) is 15.2 Å². The van der Waals surface area contributed by atoms with Crippen LogP contribution in [0.2, 0.25) is 0 Å². The number of anilines is 3. The predicted octanol–water partition coefficient (Wildman–Crippen LogP) is 4.22. The minimum absolute atomic E-state index is 0.0156. The van der Waals surface area contributed by atoms with Crippen LogP contribution in [0.4, 0.5) is 17.2 Å². The molecule has 2 N–H and O–H groups in total. The summed E-state index contributed by atoms with van der Waals surface area (Å²) in [7, 11) is 1.58. The van der Waals surface area contributed by atoms with E-state index in [1.165, 1.54) is 0 Å². The Morgan fingerprint density at radius 1 is 1.36 bits per heavy atom. The molecule has 3 rings (SSSR count). The van der Waals surface area contributed by atoms with Crippen molar-refractivity contribution in [1.29, 1.82) is 5.26 Å². The zero-order chi connectivity index (χ0) is 23.8. The summed E-state index contributed by atoms with van der Waals surface area (Å²) in [5.41, 5.74) is 3.96. The lowest BCUT2D eigenvalue weighted by molar-refractivity contribution is -0.137. The van der Waals surface area contributed by atoms with Crippen LogP contribution in [0.3, 0.4) is 0 Å². The van der Waals surface area contributed by atoms with E-state index in [2.05, 4.69) is 34.3 Å². The highest BCUT2D eigenvalue weighted by Crippen LogP contribution is 2.35. The van der Waals surface area contributed by atoms with Crippen molar-refractivity contribution in [3.8, 4) is 6.07 Å². The maximum Gasteiger partial charge on any atom is 0.304 e. The van der Waals surface area contributed by atoms with E-state index in [1.807, 2.05) is 19.1 Å². The van der Waals surface area contributed by atoms with E-state index in [1.54, 1.807) is 19.2 Å². The van der Waals surface area contributed by atoms with Crippen LogP contribution in [0, 0.1) is 18.3 Å². The summed E-state index contributed by atoms with van der Waals surface area (Å²) >= 11 is 0. The van der Waals surface area contributed by atoms with Gasteiger partial charge in [0.05, 0.1) is 35.7 Å². The van der Waals surface area contributed by atoms with Gasteiger partial charge in [0.25, 0.3) is 0 Å². The van der Waals surface area contributed by atoms with Gasteiger partial charge >= 0.3 is 5.97 Å². The maximum absolute atomic E-state index is 11.4. The molecule has 0 amide bonds. The molecule has 1 aromatic carbocycles. The van der Waals surface area contributed by atoms with Gasteiger partial charge in [-0.05, 0) is 56.5 Å². The molecule has 0 saturated carbocycles. The molecule has 2 aromatic rings. The number of ether oxygens (including phenoxy) is 2. The number of aliphatic carboxylic acids is 1. The number of rotatable bonds is 10. The minimum Gasteiger partial charge on any atom is -0.481 e. The van der Waals surface area contributed by atoms with Crippen molar-refractivity contribution < 1.29 is 19.4 Å². The third-order valence-electron chi connectivity index (χ3n) is 6.03. The van der Waals surface area contributed by atoms with E-state index in [4.69, 9.17) is 9.47 Å². The number of methoxy groups -OCH3 is 1. The van der Waals surface area contributed by atoms with Crippen LogP contribution in [-0.2, 0) is 14.3 Å². The molecule has 8 heteroatoms. The van der Waals surface area contributed by atoms with Crippen LogP contribution in [0.1, 0.15) is 48.9 Å². The average molecular weight is 453 g/mol. The molecular weight excluding hydrogens is 420 g/mol. The summed E-state index contributed by atoms with van der Waals surface area (Å²) in [6, 6.07) is 12.1. The van der Waals surface area contributed by atoms with Crippen LogP contribution in [-0.4, -0.2) is 55.6 Å². The third-order valence-corrected chi connectivity index (χ3v) is 6.03. The highest BCUT2D eigenvalue weighted by molar-refractivity contribution is 5.76. The Morgan fingerprint density at radius 3 is 2.73 bits per heavy atom. The Kier molecular flexibility index (Phi) is 8.64. The van der Waals surface area contributed by atoms with Gasteiger partial charge in [0.15, 0.2) is 0 Å². The number of nitrogens with one attached hydrogen (secondary N) is 1. The number of pyridine rings is 1. The standard InChI is InChI=1S/C25H32N4O4/c1-4-29(21-9-11-33-12-10-21)23-7-5-18(20(16-32-3)14-25(30)31)13-22(23)28-24-8-6-19(15-26)17(2)27-24/h5-8,13,20-21H,4,9-12,14,16H2,1-3H3,(H,27,28)(H,30,31)/t20-/m0/s1. The number of hydrogen-bond acceptors (Lipinski definition) is 7. The minimum atomic E-state index is -0.864. The van der Waals surface area contributed by atoms with Crippen molar-refractivity contribution in [3.63, 3.8) is 0 Å². The first kappa shape index (κ1) is 24.5. The highest BCUT2D eigenvalue weighted by Gasteiger charge is 2.24. The van der Waals surface area contributed by atoms with E-state index >= 15 is 0 Å². The smallest absolute Gasteiger partial charge is 0.304 e. The second-order valence-electron chi connectivity index (χ2n) is 8.22. The monoisotopic (exact) mass is 452 g/mol. The molecule has 2 heterocycles. The highest BCUT2D eigenvalue weighted by atomic mass is 16.5. The SMILES string of the molecule is CCN(c1ccc([C@H](COC)CC(=O)O)cc1Nc1ccc(C#N)c(C)n1)C1CCOCC1. The number of nitriles is 1. The second kappa shape index (κ2) is 11.6. The fraction of sp³-hybridized carbons (Fsp3) is 0.480. The number of nitrogens with zero attached hydrogens (tertiary/aromatic N) is 3. The molecule has 0 bridgehead atoms. The molecular formula is C25H32N4O4. The molecule has 1 aliphatic rings. The van der Waals surface area contributed by atoms with Crippen LogP contribution >= 0.6 is 0 Å². The number of carboxylic acid groups (broad SMARTS) is 1. The van der Waals surface area contributed by atoms with Crippen molar-refractivity contribution in [2.75, 3.05) is 43.7 Å². The van der Waals surface area contributed by atoms with Crippen molar-refractivity contribution in [2.45, 2.75) is 45.1 Å².